The molecule has 0 bridgehead atoms. The fraction of sp³-hybridized carbons (Fsp3) is 0.579. The average Bonchev–Trinajstić information content (AvgIpc) is 3.08. The van der Waals surface area contributed by atoms with Crippen LogP contribution in [0.1, 0.15) is 67.3 Å². The topological polar surface area (TPSA) is 51.3 Å². The zero-order chi connectivity index (χ0) is 17.3. The molecule has 0 aliphatic carbocycles. The first-order chi connectivity index (χ1) is 11.5. The molecule has 0 unspecified atom stereocenters. The van der Waals surface area contributed by atoms with E-state index in [2.05, 4.69) is 5.10 Å². The van der Waals surface area contributed by atoms with Gasteiger partial charge in [-0.2, -0.15) is 5.10 Å². The molecule has 0 spiro atoms. The second-order valence-electron chi connectivity index (χ2n) is 6.84. The molecule has 0 aromatic carbocycles. The first-order valence-electron chi connectivity index (χ1n) is 8.84. The lowest BCUT2D eigenvalue weighted by atomic mass is 9.96. The summed E-state index contributed by atoms with van der Waals surface area (Å²) in [4.78, 5) is 15.3. The summed E-state index contributed by atoms with van der Waals surface area (Å²) in [5.74, 6) is 0.892. The Balaban J connectivity index is 1.90. The first-order valence-corrected chi connectivity index (χ1v) is 8.84. The fourth-order valence-electron chi connectivity index (χ4n) is 3.94. The predicted molar refractivity (Wildman–Crippen MR) is 92.7 cm³/mol. The Labute approximate surface area is 143 Å². The summed E-state index contributed by atoms with van der Waals surface area (Å²) < 4.78 is 7.50. The van der Waals surface area contributed by atoms with Crippen LogP contribution in [-0.2, 0) is 11.8 Å². The molecule has 1 saturated heterocycles. The van der Waals surface area contributed by atoms with E-state index in [-0.39, 0.29) is 17.9 Å². The van der Waals surface area contributed by atoms with Gasteiger partial charge in [0.2, 0.25) is 5.91 Å². The number of aryl methyl sites for hydroxylation is 2. The van der Waals surface area contributed by atoms with Crippen molar-refractivity contribution in [1.82, 2.24) is 14.7 Å². The third-order valence-corrected chi connectivity index (χ3v) is 5.28. The van der Waals surface area contributed by atoms with E-state index in [0.717, 1.165) is 48.5 Å². The lowest BCUT2D eigenvalue weighted by molar-refractivity contribution is -0.135. The van der Waals surface area contributed by atoms with Gasteiger partial charge in [0.05, 0.1) is 23.9 Å². The number of hydrogen-bond donors (Lipinski definition) is 0. The standard InChI is InChI=1S/C19H27N3O2/c1-13(18-14(2)20-21(4)15(18)3)19(23)22-11-7-5-6-9-16(22)17-10-8-12-24-17/h8,10,12-13,16H,5-7,9,11H2,1-4H3/t13-,16+/m1/s1. The minimum atomic E-state index is -0.186. The zero-order valence-corrected chi connectivity index (χ0v) is 15.1. The van der Waals surface area contributed by atoms with Crippen molar-refractivity contribution in [2.24, 2.45) is 7.05 Å². The first kappa shape index (κ1) is 16.8. The molecule has 1 aliphatic rings. The SMILES string of the molecule is Cc1nn(C)c(C)c1[C@@H](C)C(=O)N1CCCCC[C@H]1c1ccco1. The Morgan fingerprint density at radius 2 is 2.12 bits per heavy atom. The minimum absolute atomic E-state index is 0.0507. The molecule has 0 saturated carbocycles. The highest BCUT2D eigenvalue weighted by atomic mass is 16.3. The van der Waals surface area contributed by atoms with E-state index in [0.29, 0.717) is 0 Å². The second kappa shape index (κ2) is 6.83. The summed E-state index contributed by atoms with van der Waals surface area (Å²) in [7, 11) is 1.93. The molecule has 0 radical (unpaired) electrons. The van der Waals surface area contributed by atoms with E-state index >= 15 is 0 Å². The number of rotatable bonds is 3. The van der Waals surface area contributed by atoms with Crippen LogP contribution in [0.2, 0.25) is 0 Å². The van der Waals surface area contributed by atoms with Gasteiger partial charge in [-0.1, -0.05) is 12.8 Å². The Kier molecular flexibility index (Phi) is 4.78. The van der Waals surface area contributed by atoms with Gasteiger partial charge in [-0.3, -0.25) is 9.48 Å². The molecular formula is C19H27N3O2. The highest BCUT2D eigenvalue weighted by molar-refractivity contribution is 5.84. The average molecular weight is 329 g/mol. The lowest BCUT2D eigenvalue weighted by Gasteiger charge is -2.31. The van der Waals surface area contributed by atoms with Crippen LogP contribution in [0.3, 0.4) is 0 Å². The summed E-state index contributed by atoms with van der Waals surface area (Å²) in [6.45, 7) is 6.82. The summed E-state index contributed by atoms with van der Waals surface area (Å²) in [6, 6.07) is 3.94. The summed E-state index contributed by atoms with van der Waals surface area (Å²) in [5, 5.41) is 4.47. The number of furan rings is 1. The van der Waals surface area contributed by atoms with Gasteiger partial charge in [-0.25, -0.2) is 0 Å². The molecule has 24 heavy (non-hydrogen) atoms. The van der Waals surface area contributed by atoms with Crippen LogP contribution in [0.25, 0.3) is 0 Å². The number of carbonyl (C=O) groups excluding carboxylic acids is 1. The molecule has 1 aliphatic heterocycles. The molecule has 130 valence electrons. The van der Waals surface area contributed by atoms with E-state index in [1.54, 1.807) is 6.26 Å². The Bertz CT molecular complexity index is 703. The normalized spacial score (nSPS) is 20.0. The molecule has 3 heterocycles. The van der Waals surface area contributed by atoms with Crippen LogP contribution >= 0.6 is 0 Å². The maximum Gasteiger partial charge on any atom is 0.230 e. The molecule has 3 rings (SSSR count). The van der Waals surface area contributed by atoms with Gasteiger partial charge < -0.3 is 9.32 Å². The van der Waals surface area contributed by atoms with Crippen molar-refractivity contribution in [2.45, 2.75) is 58.4 Å². The molecular weight excluding hydrogens is 302 g/mol. The van der Waals surface area contributed by atoms with E-state index in [4.69, 9.17) is 4.42 Å². The Morgan fingerprint density at radius 1 is 1.33 bits per heavy atom. The maximum absolute atomic E-state index is 13.3. The van der Waals surface area contributed by atoms with Crippen LogP contribution in [0.4, 0.5) is 0 Å². The van der Waals surface area contributed by atoms with Gasteiger partial charge >= 0.3 is 0 Å². The van der Waals surface area contributed by atoms with Gasteiger partial charge in [-0.15, -0.1) is 0 Å². The quantitative estimate of drug-likeness (QED) is 0.859. The lowest BCUT2D eigenvalue weighted by Crippen LogP contribution is -2.37. The van der Waals surface area contributed by atoms with Crippen LogP contribution in [-0.4, -0.2) is 27.1 Å². The van der Waals surface area contributed by atoms with Crippen molar-refractivity contribution in [2.75, 3.05) is 6.54 Å². The molecule has 5 heteroatoms. The number of carbonyl (C=O) groups is 1. The third-order valence-electron chi connectivity index (χ3n) is 5.28. The van der Waals surface area contributed by atoms with E-state index in [1.807, 2.05) is 49.5 Å². The van der Waals surface area contributed by atoms with Gasteiger partial charge in [0.1, 0.15) is 5.76 Å². The smallest absolute Gasteiger partial charge is 0.230 e. The highest BCUT2D eigenvalue weighted by Gasteiger charge is 2.33. The van der Waals surface area contributed by atoms with Gasteiger partial charge in [0.15, 0.2) is 0 Å². The number of aromatic nitrogens is 2. The maximum atomic E-state index is 13.3. The Morgan fingerprint density at radius 3 is 2.75 bits per heavy atom. The van der Waals surface area contributed by atoms with Crippen molar-refractivity contribution in [1.29, 1.82) is 0 Å². The summed E-state index contributed by atoms with van der Waals surface area (Å²) in [6.07, 6.45) is 6.02. The molecule has 2 aromatic heterocycles. The van der Waals surface area contributed by atoms with Crippen molar-refractivity contribution in [3.05, 3.63) is 41.1 Å². The van der Waals surface area contributed by atoms with Crippen LogP contribution in [0.15, 0.2) is 22.8 Å². The van der Waals surface area contributed by atoms with E-state index in [9.17, 15) is 4.79 Å². The molecule has 0 N–H and O–H groups in total. The van der Waals surface area contributed by atoms with Crippen molar-refractivity contribution >= 4 is 5.91 Å². The number of amides is 1. The molecule has 1 amide bonds. The zero-order valence-electron chi connectivity index (χ0n) is 15.1. The Hall–Kier alpha value is -2.04. The van der Waals surface area contributed by atoms with Crippen molar-refractivity contribution in [3.8, 4) is 0 Å². The third kappa shape index (κ3) is 2.99. The largest absolute Gasteiger partial charge is 0.467 e. The highest BCUT2D eigenvalue weighted by Crippen LogP contribution is 2.34. The number of nitrogens with zero attached hydrogens (tertiary/aromatic N) is 3. The summed E-state index contributed by atoms with van der Waals surface area (Å²) >= 11 is 0. The predicted octanol–water partition coefficient (Wildman–Crippen LogP) is 3.88. The van der Waals surface area contributed by atoms with Crippen molar-refractivity contribution in [3.63, 3.8) is 0 Å². The van der Waals surface area contributed by atoms with E-state index < -0.39 is 0 Å². The van der Waals surface area contributed by atoms with Gasteiger partial charge in [0.25, 0.3) is 0 Å². The van der Waals surface area contributed by atoms with Crippen LogP contribution < -0.4 is 0 Å². The fourth-order valence-corrected chi connectivity index (χ4v) is 3.94. The van der Waals surface area contributed by atoms with Crippen LogP contribution in [0, 0.1) is 13.8 Å². The van der Waals surface area contributed by atoms with Gasteiger partial charge in [-0.05, 0) is 45.7 Å². The van der Waals surface area contributed by atoms with Crippen LogP contribution in [0.5, 0.6) is 0 Å². The molecule has 2 atom stereocenters. The van der Waals surface area contributed by atoms with Gasteiger partial charge in [0, 0.05) is 24.8 Å². The minimum Gasteiger partial charge on any atom is -0.467 e. The second-order valence-corrected chi connectivity index (χ2v) is 6.84. The molecule has 2 aromatic rings. The van der Waals surface area contributed by atoms with Crippen molar-refractivity contribution < 1.29 is 9.21 Å². The molecule has 1 fully saturated rings. The molecule has 5 nitrogen and oxygen atoms in total. The number of hydrogen-bond acceptors (Lipinski definition) is 3. The number of likely N-dealkylation sites (tertiary alicyclic amines) is 1. The monoisotopic (exact) mass is 329 g/mol. The van der Waals surface area contributed by atoms with E-state index in [1.165, 1.54) is 6.42 Å². The summed E-state index contributed by atoms with van der Waals surface area (Å²) in [5.41, 5.74) is 3.07.